The van der Waals surface area contributed by atoms with Crippen LogP contribution in [0.5, 0.6) is 0 Å². The first-order valence-corrected chi connectivity index (χ1v) is 7.70. The van der Waals surface area contributed by atoms with Crippen LogP contribution in [0.15, 0.2) is 0 Å². The van der Waals surface area contributed by atoms with Crippen molar-refractivity contribution in [2.45, 2.75) is 37.8 Å². The van der Waals surface area contributed by atoms with Crippen LogP contribution in [0.3, 0.4) is 0 Å². The van der Waals surface area contributed by atoms with Crippen LogP contribution in [0.2, 0.25) is 0 Å². The molecule has 1 N–H and O–H groups in total. The number of fused-ring (bicyclic) bond motifs is 1. The van der Waals surface area contributed by atoms with Crippen molar-refractivity contribution in [1.29, 1.82) is 0 Å². The molecule has 2 fully saturated rings. The molecule has 5 heteroatoms. The smallest absolute Gasteiger partial charge is 0.327 e. The average Bonchev–Trinajstić information content (AvgIpc) is 2.46. The number of likely N-dealkylation sites (tertiary alicyclic amines) is 2. The van der Waals surface area contributed by atoms with Crippen molar-refractivity contribution in [2.24, 2.45) is 5.92 Å². The number of carbonyl (C=O) groups excluding carboxylic acids is 1. The largest absolute Gasteiger partial charge is 0.468 e. The molecule has 0 aliphatic carbocycles. The number of hydrogen-bond donors (Lipinski definition) is 1. The molecule has 116 valence electrons. The zero-order valence-corrected chi connectivity index (χ0v) is 13.3. The molecule has 0 aromatic carbocycles. The quantitative estimate of drug-likeness (QED) is 0.764. The maximum Gasteiger partial charge on any atom is 0.327 e. The van der Waals surface area contributed by atoms with E-state index in [9.17, 15) is 4.79 Å². The lowest BCUT2D eigenvalue weighted by Gasteiger charge is -2.47. The summed E-state index contributed by atoms with van der Waals surface area (Å²) in [7, 11) is 5.54. The van der Waals surface area contributed by atoms with E-state index in [1.165, 1.54) is 32.9 Å². The second-order valence-electron chi connectivity index (χ2n) is 6.55. The Hall–Kier alpha value is -0.650. The molecule has 2 heterocycles. The minimum Gasteiger partial charge on any atom is -0.468 e. The van der Waals surface area contributed by atoms with Gasteiger partial charge in [0.05, 0.1) is 7.11 Å². The number of piperidine rings is 2. The van der Waals surface area contributed by atoms with E-state index in [2.05, 4.69) is 22.2 Å². The molecular weight excluding hydrogens is 254 g/mol. The van der Waals surface area contributed by atoms with Gasteiger partial charge in [0.25, 0.3) is 0 Å². The summed E-state index contributed by atoms with van der Waals surface area (Å²) in [6.07, 6.45) is 3.83. The van der Waals surface area contributed by atoms with Gasteiger partial charge in [-0.05, 0) is 59.3 Å². The molecule has 0 amide bonds. The van der Waals surface area contributed by atoms with Gasteiger partial charge in [-0.15, -0.1) is 0 Å². The van der Waals surface area contributed by atoms with Gasteiger partial charge in [-0.1, -0.05) is 0 Å². The predicted molar refractivity (Wildman–Crippen MR) is 79.7 cm³/mol. The van der Waals surface area contributed by atoms with Crippen LogP contribution in [-0.2, 0) is 9.53 Å². The summed E-state index contributed by atoms with van der Waals surface area (Å²) in [6.45, 7) is 6.06. The maximum absolute atomic E-state index is 12.0. The fourth-order valence-corrected chi connectivity index (χ4v) is 3.79. The van der Waals surface area contributed by atoms with Crippen LogP contribution in [0.25, 0.3) is 0 Å². The van der Waals surface area contributed by atoms with Crippen LogP contribution in [-0.4, -0.2) is 74.7 Å². The first-order chi connectivity index (χ1) is 9.50. The van der Waals surface area contributed by atoms with Crippen molar-refractivity contribution in [1.82, 2.24) is 15.1 Å². The number of methoxy groups -OCH3 is 1. The lowest BCUT2D eigenvalue weighted by molar-refractivity contribution is -0.149. The van der Waals surface area contributed by atoms with Gasteiger partial charge in [-0.2, -0.15) is 0 Å². The highest BCUT2D eigenvalue weighted by atomic mass is 16.5. The summed E-state index contributed by atoms with van der Waals surface area (Å²) in [5.41, 5.74) is -0.609. The highest BCUT2D eigenvalue weighted by Gasteiger charge is 2.39. The third-order valence-electron chi connectivity index (χ3n) is 5.16. The number of esters is 1. The normalized spacial score (nSPS) is 31.4. The van der Waals surface area contributed by atoms with Crippen LogP contribution >= 0.6 is 0 Å². The Balaban J connectivity index is 1.96. The van der Waals surface area contributed by atoms with Crippen LogP contribution in [0.4, 0.5) is 0 Å². The molecule has 3 atom stereocenters. The number of nitrogens with zero attached hydrogens (tertiary/aromatic N) is 2. The van der Waals surface area contributed by atoms with Crippen molar-refractivity contribution in [3.05, 3.63) is 0 Å². The van der Waals surface area contributed by atoms with Gasteiger partial charge in [0.2, 0.25) is 0 Å². The fraction of sp³-hybridized carbons (Fsp3) is 0.933. The average molecular weight is 283 g/mol. The van der Waals surface area contributed by atoms with E-state index in [0.717, 1.165) is 31.6 Å². The highest BCUT2D eigenvalue weighted by Crippen LogP contribution is 2.30. The Morgan fingerprint density at radius 3 is 2.80 bits per heavy atom. The number of likely N-dealkylation sites (N-methyl/N-ethyl adjacent to an activating group) is 1. The molecule has 0 aromatic rings. The van der Waals surface area contributed by atoms with Gasteiger partial charge >= 0.3 is 5.97 Å². The van der Waals surface area contributed by atoms with Gasteiger partial charge in [0.15, 0.2) is 0 Å². The van der Waals surface area contributed by atoms with Gasteiger partial charge < -0.3 is 19.9 Å². The van der Waals surface area contributed by atoms with Crippen molar-refractivity contribution in [3.8, 4) is 0 Å². The summed E-state index contributed by atoms with van der Waals surface area (Å²) in [4.78, 5) is 16.9. The molecule has 0 spiro atoms. The summed E-state index contributed by atoms with van der Waals surface area (Å²) < 4.78 is 4.94. The number of rotatable bonds is 4. The van der Waals surface area contributed by atoms with E-state index in [1.54, 1.807) is 0 Å². The summed E-state index contributed by atoms with van der Waals surface area (Å²) >= 11 is 0. The maximum atomic E-state index is 12.0. The zero-order chi connectivity index (χ0) is 14.8. The molecule has 2 rings (SSSR count). The SMILES string of the molecule is CNC(C)(CN1CCC2C(CCCN2C)C1)C(=O)OC. The predicted octanol–water partition coefficient (Wildman–Crippen LogP) is 0.554. The van der Waals surface area contributed by atoms with Crippen LogP contribution in [0, 0.1) is 5.92 Å². The standard InChI is InChI=1S/C15H29N3O2/c1-15(16-2,14(19)20-4)11-18-9-7-13-12(10-18)6-5-8-17(13)3/h12-13,16H,5-11H2,1-4H3. The second-order valence-corrected chi connectivity index (χ2v) is 6.55. The minimum atomic E-state index is -0.609. The molecule has 0 radical (unpaired) electrons. The molecule has 5 nitrogen and oxygen atoms in total. The summed E-state index contributed by atoms with van der Waals surface area (Å²) in [5.74, 6) is 0.573. The second kappa shape index (κ2) is 6.41. The molecular formula is C15H29N3O2. The van der Waals surface area contributed by atoms with E-state index in [1.807, 2.05) is 14.0 Å². The molecule has 0 aromatic heterocycles. The first-order valence-electron chi connectivity index (χ1n) is 7.70. The van der Waals surface area contributed by atoms with E-state index in [4.69, 9.17) is 4.74 Å². The van der Waals surface area contributed by atoms with Crippen LogP contribution in [0.1, 0.15) is 26.2 Å². The molecule has 0 saturated carbocycles. The van der Waals surface area contributed by atoms with Crippen molar-refractivity contribution >= 4 is 5.97 Å². The molecule has 2 aliphatic rings. The fourth-order valence-electron chi connectivity index (χ4n) is 3.79. The Morgan fingerprint density at radius 2 is 2.15 bits per heavy atom. The van der Waals surface area contributed by atoms with Crippen molar-refractivity contribution in [2.75, 3.05) is 47.4 Å². The summed E-state index contributed by atoms with van der Waals surface area (Å²) in [5, 5.41) is 3.13. The van der Waals surface area contributed by atoms with Crippen LogP contribution < -0.4 is 5.32 Å². The third kappa shape index (κ3) is 3.15. The van der Waals surface area contributed by atoms with Gasteiger partial charge in [0.1, 0.15) is 5.54 Å². The Morgan fingerprint density at radius 1 is 1.40 bits per heavy atom. The van der Waals surface area contributed by atoms with Crippen molar-refractivity contribution < 1.29 is 9.53 Å². The molecule has 3 unspecified atom stereocenters. The highest BCUT2D eigenvalue weighted by molar-refractivity contribution is 5.80. The third-order valence-corrected chi connectivity index (χ3v) is 5.16. The van der Waals surface area contributed by atoms with E-state index < -0.39 is 5.54 Å². The Bertz CT molecular complexity index is 350. The summed E-state index contributed by atoms with van der Waals surface area (Å²) in [6, 6.07) is 0.735. The number of hydrogen-bond acceptors (Lipinski definition) is 5. The van der Waals surface area contributed by atoms with E-state index in [-0.39, 0.29) is 5.97 Å². The zero-order valence-electron chi connectivity index (χ0n) is 13.3. The van der Waals surface area contributed by atoms with E-state index in [0.29, 0.717) is 0 Å². The molecule has 20 heavy (non-hydrogen) atoms. The lowest BCUT2D eigenvalue weighted by Crippen LogP contribution is -2.60. The Labute approximate surface area is 122 Å². The van der Waals surface area contributed by atoms with Gasteiger partial charge in [-0.25, -0.2) is 0 Å². The minimum absolute atomic E-state index is 0.178. The molecule has 2 aliphatic heterocycles. The molecule has 2 saturated heterocycles. The molecule has 0 bridgehead atoms. The number of ether oxygens (including phenoxy) is 1. The van der Waals surface area contributed by atoms with Gasteiger partial charge in [-0.3, -0.25) is 4.79 Å². The van der Waals surface area contributed by atoms with E-state index >= 15 is 0 Å². The van der Waals surface area contributed by atoms with Crippen molar-refractivity contribution in [3.63, 3.8) is 0 Å². The first kappa shape index (κ1) is 15.7. The number of carbonyl (C=O) groups is 1. The number of nitrogens with one attached hydrogen (secondary N) is 1. The monoisotopic (exact) mass is 283 g/mol. The topological polar surface area (TPSA) is 44.8 Å². The Kier molecular flexibility index (Phi) is 5.04. The lowest BCUT2D eigenvalue weighted by atomic mass is 9.83. The van der Waals surface area contributed by atoms with Gasteiger partial charge in [0, 0.05) is 19.1 Å².